The molecule has 3 heterocycles. The third-order valence-corrected chi connectivity index (χ3v) is 4.89. The number of ether oxygens (including phenoxy) is 1. The summed E-state index contributed by atoms with van der Waals surface area (Å²) in [6.45, 7) is 1.64. The quantitative estimate of drug-likeness (QED) is 0.818. The lowest BCUT2D eigenvalue weighted by Gasteiger charge is -2.39. The fourth-order valence-corrected chi connectivity index (χ4v) is 3.36. The molecule has 1 atom stereocenters. The number of nitrogens with one attached hydrogen (secondary N) is 1. The van der Waals surface area contributed by atoms with Crippen molar-refractivity contribution < 1.29 is 22.7 Å². The molecule has 4 rings (SSSR count). The van der Waals surface area contributed by atoms with E-state index in [-0.39, 0.29) is 18.5 Å². The number of carbonyl (C=O) groups is 1. The average molecular weight is 405 g/mol. The second-order valence-corrected chi connectivity index (χ2v) is 6.75. The largest absolute Gasteiger partial charge is 0.417 e. The van der Waals surface area contributed by atoms with Gasteiger partial charge in [0.25, 0.3) is 5.91 Å². The van der Waals surface area contributed by atoms with Gasteiger partial charge in [-0.25, -0.2) is 4.99 Å². The van der Waals surface area contributed by atoms with Crippen LogP contribution in [0, 0.1) is 0 Å². The third kappa shape index (κ3) is 3.88. The monoisotopic (exact) mass is 405 g/mol. The summed E-state index contributed by atoms with van der Waals surface area (Å²) >= 11 is 0. The van der Waals surface area contributed by atoms with Gasteiger partial charge in [-0.2, -0.15) is 13.2 Å². The number of pyridine rings is 1. The Morgan fingerprint density at radius 2 is 2.14 bits per heavy atom. The first kappa shape index (κ1) is 19.2. The maximum atomic E-state index is 12.6. The second-order valence-electron chi connectivity index (χ2n) is 6.75. The molecule has 1 amide bonds. The van der Waals surface area contributed by atoms with Crippen molar-refractivity contribution in [2.45, 2.75) is 18.8 Å². The van der Waals surface area contributed by atoms with Crippen molar-refractivity contribution in [3.05, 3.63) is 58.9 Å². The number of hydrogen-bond acceptors (Lipinski definition) is 6. The van der Waals surface area contributed by atoms with Crippen molar-refractivity contribution in [3.8, 4) is 0 Å². The molecule has 2 aliphatic heterocycles. The van der Waals surface area contributed by atoms with Crippen LogP contribution in [-0.4, -0.2) is 41.5 Å². The minimum Gasteiger partial charge on any atom is -0.377 e. The van der Waals surface area contributed by atoms with Crippen LogP contribution in [0.25, 0.3) is 0 Å². The first-order valence-corrected chi connectivity index (χ1v) is 8.96. The minimum absolute atomic E-state index is 0.0117. The molecule has 0 spiro atoms. The van der Waals surface area contributed by atoms with Crippen molar-refractivity contribution >= 4 is 17.6 Å². The molecular weight excluding hydrogens is 387 g/mol. The Kier molecular flexibility index (Phi) is 4.87. The maximum absolute atomic E-state index is 12.6. The highest BCUT2D eigenvalue weighted by atomic mass is 19.4. The lowest BCUT2D eigenvalue weighted by Crippen LogP contribution is -2.48. The van der Waals surface area contributed by atoms with Gasteiger partial charge in [0, 0.05) is 23.9 Å². The Hall–Kier alpha value is -3.14. The lowest BCUT2D eigenvalue weighted by atomic mass is 9.98. The van der Waals surface area contributed by atoms with Crippen molar-refractivity contribution in [3.63, 3.8) is 0 Å². The third-order valence-electron chi connectivity index (χ3n) is 4.89. The topological polar surface area (TPSA) is 92.8 Å². The predicted molar refractivity (Wildman–Crippen MR) is 98.4 cm³/mol. The fraction of sp³-hybridized carbons (Fsp3) is 0.316. The summed E-state index contributed by atoms with van der Waals surface area (Å²) < 4.78 is 43.3. The molecule has 2 aliphatic rings. The molecule has 1 fully saturated rings. The highest BCUT2D eigenvalue weighted by Crippen LogP contribution is 2.36. The summed E-state index contributed by atoms with van der Waals surface area (Å²) in [5.41, 5.74) is 7.46. The molecule has 7 nitrogen and oxygen atoms in total. The highest BCUT2D eigenvalue weighted by molar-refractivity contribution is 5.95. The molecule has 1 unspecified atom stereocenters. The van der Waals surface area contributed by atoms with E-state index in [1.165, 1.54) is 6.07 Å². The summed E-state index contributed by atoms with van der Waals surface area (Å²) in [6.07, 6.45) is -3.69. The number of carbonyl (C=O) groups excluding carboxylic acids is 1. The van der Waals surface area contributed by atoms with E-state index in [2.05, 4.69) is 15.3 Å². The Balaban J connectivity index is 1.47. The van der Waals surface area contributed by atoms with Gasteiger partial charge in [-0.3, -0.25) is 9.78 Å². The summed E-state index contributed by atoms with van der Waals surface area (Å²) in [5, 5.41) is 2.67. The number of benzene rings is 1. The Bertz CT molecular complexity index is 959. The SMILES string of the molecule is NC1=Nc2ccc(C(=O)NCc3ccc(C(F)(F)F)cn3)cc2C2COCCN12. The van der Waals surface area contributed by atoms with Crippen molar-refractivity contribution in [2.75, 3.05) is 19.8 Å². The van der Waals surface area contributed by atoms with E-state index in [0.717, 1.165) is 17.8 Å². The van der Waals surface area contributed by atoms with Gasteiger partial charge in [-0.05, 0) is 30.3 Å². The van der Waals surface area contributed by atoms with Crippen LogP contribution in [0.4, 0.5) is 18.9 Å². The number of alkyl halides is 3. The standard InChI is InChI=1S/C19H18F3N5O2/c20-19(21,22)12-2-3-13(24-8-12)9-25-17(28)11-1-4-15-14(7-11)16-10-29-6-5-27(16)18(23)26-15/h1-4,7-8,16H,5-6,9-10H2,(H2,23,26)(H,25,28). The van der Waals surface area contributed by atoms with E-state index in [9.17, 15) is 18.0 Å². The fourth-order valence-electron chi connectivity index (χ4n) is 3.36. The van der Waals surface area contributed by atoms with Gasteiger partial charge in [0.2, 0.25) is 0 Å². The number of amides is 1. The smallest absolute Gasteiger partial charge is 0.377 e. The average Bonchev–Trinajstić information content (AvgIpc) is 2.72. The van der Waals surface area contributed by atoms with Gasteiger partial charge < -0.3 is 20.7 Å². The molecule has 1 aromatic carbocycles. The molecule has 3 N–H and O–H groups in total. The maximum Gasteiger partial charge on any atom is 0.417 e. The number of morpholine rings is 1. The van der Waals surface area contributed by atoms with Crippen LogP contribution >= 0.6 is 0 Å². The molecule has 152 valence electrons. The summed E-state index contributed by atoms with van der Waals surface area (Å²) in [7, 11) is 0. The van der Waals surface area contributed by atoms with Gasteiger partial charge >= 0.3 is 6.18 Å². The molecule has 1 aromatic heterocycles. The number of nitrogens with zero attached hydrogens (tertiary/aromatic N) is 3. The van der Waals surface area contributed by atoms with Crippen molar-refractivity contribution in [1.29, 1.82) is 0 Å². The van der Waals surface area contributed by atoms with E-state index in [1.54, 1.807) is 18.2 Å². The van der Waals surface area contributed by atoms with E-state index >= 15 is 0 Å². The van der Waals surface area contributed by atoms with Gasteiger partial charge in [-0.1, -0.05) is 0 Å². The Morgan fingerprint density at radius 1 is 1.31 bits per heavy atom. The van der Waals surface area contributed by atoms with Crippen molar-refractivity contribution in [1.82, 2.24) is 15.2 Å². The molecule has 2 aromatic rings. The Morgan fingerprint density at radius 3 is 2.86 bits per heavy atom. The van der Waals surface area contributed by atoms with Gasteiger partial charge in [0.05, 0.1) is 42.7 Å². The number of aromatic nitrogens is 1. The summed E-state index contributed by atoms with van der Waals surface area (Å²) in [4.78, 5) is 22.6. The summed E-state index contributed by atoms with van der Waals surface area (Å²) in [5.74, 6) is 0.0664. The number of aliphatic imine (C=N–C) groups is 1. The second kappa shape index (κ2) is 7.36. The molecular formula is C19H18F3N5O2. The highest BCUT2D eigenvalue weighted by Gasteiger charge is 2.32. The zero-order chi connectivity index (χ0) is 20.6. The van der Waals surface area contributed by atoms with Crippen LogP contribution in [0.2, 0.25) is 0 Å². The molecule has 1 saturated heterocycles. The number of fused-ring (bicyclic) bond motifs is 3. The number of hydrogen-bond donors (Lipinski definition) is 2. The molecule has 0 aliphatic carbocycles. The minimum atomic E-state index is -4.44. The van der Waals surface area contributed by atoms with Gasteiger partial charge in [-0.15, -0.1) is 0 Å². The first-order valence-electron chi connectivity index (χ1n) is 8.96. The zero-order valence-corrected chi connectivity index (χ0v) is 15.2. The van der Waals surface area contributed by atoms with E-state index in [4.69, 9.17) is 10.5 Å². The van der Waals surface area contributed by atoms with Crippen LogP contribution < -0.4 is 11.1 Å². The number of guanidine groups is 1. The normalized spacial score (nSPS) is 18.5. The van der Waals surface area contributed by atoms with E-state index in [0.29, 0.717) is 42.7 Å². The van der Waals surface area contributed by atoms with Gasteiger partial charge in [0.1, 0.15) is 0 Å². The molecule has 10 heteroatoms. The van der Waals surface area contributed by atoms with Crippen LogP contribution in [0.5, 0.6) is 0 Å². The summed E-state index contributed by atoms with van der Waals surface area (Å²) in [6, 6.07) is 7.16. The van der Waals surface area contributed by atoms with Crippen LogP contribution in [0.1, 0.15) is 33.2 Å². The van der Waals surface area contributed by atoms with E-state index < -0.39 is 11.7 Å². The number of nitrogens with two attached hydrogens (primary N) is 1. The zero-order valence-electron chi connectivity index (χ0n) is 15.2. The lowest BCUT2D eigenvalue weighted by molar-refractivity contribution is -0.137. The first-order chi connectivity index (χ1) is 13.8. The van der Waals surface area contributed by atoms with Crippen molar-refractivity contribution in [2.24, 2.45) is 10.7 Å². The van der Waals surface area contributed by atoms with Gasteiger partial charge in [0.15, 0.2) is 5.96 Å². The Labute approximate surface area is 164 Å². The molecule has 0 bridgehead atoms. The van der Waals surface area contributed by atoms with Crippen LogP contribution in [0.3, 0.4) is 0 Å². The molecule has 0 radical (unpaired) electrons. The number of rotatable bonds is 3. The van der Waals surface area contributed by atoms with E-state index in [1.807, 2.05) is 4.90 Å². The number of halogens is 3. The molecule has 0 saturated carbocycles. The van der Waals surface area contributed by atoms with Crippen LogP contribution in [0.15, 0.2) is 41.5 Å². The van der Waals surface area contributed by atoms with Crippen LogP contribution in [-0.2, 0) is 17.5 Å². The predicted octanol–water partition coefficient (Wildman–Crippen LogP) is 2.36. The molecule has 29 heavy (non-hydrogen) atoms.